The van der Waals surface area contributed by atoms with Crippen LogP contribution in [-0.2, 0) is 4.79 Å². The number of nitrogens with zero attached hydrogens (tertiary/aromatic N) is 1. The third-order valence-electron chi connectivity index (χ3n) is 4.07. The summed E-state index contributed by atoms with van der Waals surface area (Å²) in [7, 11) is 0. The Bertz CT molecular complexity index is 1110. The van der Waals surface area contributed by atoms with Crippen LogP contribution in [0.2, 0.25) is 10.0 Å². The molecule has 178 valence electrons. The summed E-state index contributed by atoms with van der Waals surface area (Å²) in [5.74, 6) is -16.3. The molecule has 33 heavy (non-hydrogen) atoms. The highest BCUT2D eigenvalue weighted by Gasteiger charge is 2.76. The highest BCUT2D eigenvalue weighted by atomic mass is 35.5. The third kappa shape index (κ3) is 5.74. The second kappa shape index (κ2) is 9.56. The van der Waals surface area contributed by atoms with Gasteiger partial charge in [0.15, 0.2) is 0 Å². The molecule has 0 unspecified atom stereocenters. The first kappa shape index (κ1) is 26.4. The highest BCUT2D eigenvalue weighted by molar-refractivity contribution is 6.36. The van der Waals surface area contributed by atoms with Crippen molar-refractivity contribution in [1.29, 1.82) is 0 Å². The monoisotopic (exact) mass is 517 g/mol. The average molecular weight is 518 g/mol. The molecule has 2 aromatic carbocycles. The first-order valence-electron chi connectivity index (χ1n) is 8.62. The molecule has 0 bridgehead atoms. The SMILES string of the molecule is C/C(=N/NC(=O)c1ccc(Cl)cc1Cl)c1cccc(NC(=O)C(F)(F)C(F)(F)C(F)(F)F)c1. The van der Waals surface area contributed by atoms with Gasteiger partial charge in [0.25, 0.3) is 5.91 Å². The molecule has 0 saturated heterocycles. The van der Waals surface area contributed by atoms with Crippen LogP contribution in [0.4, 0.5) is 36.4 Å². The van der Waals surface area contributed by atoms with Crippen LogP contribution >= 0.6 is 23.2 Å². The van der Waals surface area contributed by atoms with E-state index in [1.807, 2.05) is 0 Å². The summed E-state index contributed by atoms with van der Waals surface area (Å²) in [5.41, 5.74) is 1.86. The molecular formula is C19H12Cl2F7N3O2. The molecule has 0 aliphatic carbocycles. The van der Waals surface area contributed by atoms with Gasteiger partial charge in [-0.15, -0.1) is 0 Å². The number of alkyl halides is 7. The van der Waals surface area contributed by atoms with Crippen molar-refractivity contribution < 1.29 is 40.3 Å². The number of carbonyl (C=O) groups is 2. The quantitative estimate of drug-likeness (QED) is 0.283. The van der Waals surface area contributed by atoms with Gasteiger partial charge in [0, 0.05) is 10.7 Å². The molecular weight excluding hydrogens is 506 g/mol. The molecule has 0 atom stereocenters. The van der Waals surface area contributed by atoms with Gasteiger partial charge in [-0.05, 0) is 42.8 Å². The van der Waals surface area contributed by atoms with Crippen molar-refractivity contribution in [2.24, 2.45) is 5.10 Å². The van der Waals surface area contributed by atoms with Crippen LogP contribution in [0.1, 0.15) is 22.8 Å². The van der Waals surface area contributed by atoms with Crippen LogP contribution in [0.15, 0.2) is 47.6 Å². The maximum atomic E-state index is 13.5. The van der Waals surface area contributed by atoms with Gasteiger partial charge in [-0.25, -0.2) is 5.43 Å². The van der Waals surface area contributed by atoms with Gasteiger partial charge in [-0.3, -0.25) is 9.59 Å². The fourth-order valence-electron chi connectivity index (χ4n) is 2.29. The van der Waals surface area contributed by atoms with Crippen molar-refractivity contribution in [1.82, 2.24) is 5.43 Å². The molecule has 14 heteroatoms. The number of rotatable bonds is 6. The number of halogens is 9. The number of nitrogens with one attached hydrogen (secondary N) is 2. The minimum absolute atomic E-state index is 0.0338. The van der Waals surface area contributed by atoms with Crippen LogP contribution in [0.3, 0.4) is 0 Å². The number of hydrazone groups is 1. The topological polar surface area (TPSA) is 70.6 Å². The van der Waals surface area contributed by atoms with E-state index in [9.17, 15) is 40.3 Å². The number of hydrogen-bond donors (Lipinski definition) is 2. The lowest BCUT2D eigenvalue weighted by Gasteiger charge is -2.27. The molecule has 2 rings (SSSR count). The summed E-state index contributed by atoms with van der Waals surface area (Å²) >= 11 is 11.6. The van der Waals surface area contributed by atoms with E-state index in [-0.39, 0.29) is 26.9 Å². The maximum Gasteiger partial charge on any atom is 0.460 e. The van der Waals surface area contributed by atoms with Gasteiger partial charge in [-0.1, -0.05) is 35.3 Å². The molecule has 0 spiro atoms. The van der Waals surface area contributed by atoms with Crippen LogP contribution in [0, 0.1) is 0 Å². The van der Waals surface area contributed by atoms with E-state index in [4.69, 9.17) is 23.2 Å². The molecule has 0 aromatic heterocycles. The minimum Gasteiger partial charge on any atom is -0.321 e. The Hall–Kier alpha value is -2.86. The summed E-state index contributed by atoms with van der Waals surface area (Å²) in [4.78, 5) is 23.6. The Morgan fingerprint density at radius 3 is 2.15 bits per heavy atom. The third-order valence-corrected chi connectivity index (χ3v) is 4.62. The zero-order valence-electron chi connectivity index (χ0n) is 16.2. The van der Waals surface area contributed by atoms with Crippen molar-refractivity contribution in [3.63, 3.8) is 0 Å². The van der Waals surface area contributed by atoms with Crippen molar-refractivity contribution in [3.8, 4) is 0 Å². The Labute approximate surface area is 191 Å². The molecule has 0 aliphatic rings. The van der Waals surface area contributed by atoms with Gasteiger partial charge in [-0.2, -0.15) is 35.8 Å². The lowest BCUT2D eigenvalue weighted by Crippen LogP contribution is -2.57. The highest BCUT2D eigenvalue weighted by Crippen LogP contribution is 2.46. The minimum atomic E-state index is -6.65. The predicted octanol–water partition coefficient (Wildman–Crippen LogP) is 5.92. The van der Waals surface area contributed by atoms with Crippen LogP contribution < -0.4 is 10.7 Å². The number of benzene rings is 2. The van der Waals surface area contributed by atoms with Crippen molar-refractivity contribution in [2.75, 3.05) is 5.32 Å². The van der Waals surface area contributed by atoms with Gasteiger partial charge in [0.05, 0.1) is 16.3 Å². The average Bonchev–Trinajstić information content (AvgIpc) is 2.70. The largest absolute Gasteiger partial charge is 0.460 e. The Kier molecular flexibility index (Phi) is 7.64. The van der Waals surface area contributed by atoms with Crippen molar-refractivity contribution in [2.45, 2.75) is 24.9 Å². The fraction of sp³-hybridized carbons (Fsp3) is 0.211. The first-order chi connectivity index (χ1) is 15.1. The van der Waals surface area contributed by atoms with E-state index in [0.717, 1.165) is 12.1 Å². The number of carbonyl (C=O) groups excluding carboxylic acids is 2. The van der Waals surface area contributed by atoms with Gasteiger partial charge in [0.2, 0.25) is 0 Å². The molecule has 2 amide bonds. The normalized spacial score (nSPS) is 13.0. The van der Waals surface area contributed by atoms with E-state index in [1.165, 1.54) is 42.6 Å². The molecule has 0 radical (unpaired) electrons. The summed E-state index contributed by atoms with van der Waals surface area (Å²) in [6.45, 7) is 1.36. The van der Waals surface area contributed by atoms with Gasteiger partial charge < -0.3 is 5.32 Å². The number of amides is 2. The standard InChI is InChI=1S/C19H12Cl2F7N3O2/c1-9(30-31-15(32)13-6-5-11(20)8-14(13)21)10-3-2-4-12(7-10)29-16(33)17(22,23)18(24,25)19(26,27)28/h2-8H,1H3,(H,29,33)(H,31,32)/b30-9-. The summed E-state index contributed by atoms with van der Waals surface area (Å²) < 4.78 is 89.8. The smallest absolute Gasteiger partial charge is 0.321 e. The molecule has 0 saturated carbocycles. The maximum absolute atomic E-state index is 13.5. The number of anilines is 1. The molecule has 2 N–H and O–H groups in total. The fourth-order valence-corrected chi connectivity index (χ4v) is 2.78. The molecule has 0 aliphatic heterocycles. The lowest BCUT2D eigenvalue weighted by molar-refractivity contribution is -0.343. The van der Waals surface area contributed by atoms with E-state index in [2.05, 4.69) is 10.5 Å². The van der Waals surface area contributed by atoms with E-state index in [1.54, 1.807) is 0 Å². The van der Waals surface area contributed by atoms with Crippen molar-refractivity contribution >= 4 is 46.4 Å². The van der Waals surface area contributed by atoms with Crippen LogP contribution in [0.5, 0.6) is 0 Å². The Morgan fingerprint density at radius 2 is 1.58 bits per heavy atom. The number of hydrogen-bond acceptors (Lipinski definition) is 3. The van der Waals surface area contributed by atoms with Gasteiger partial charge >= 0.3 is 23.9 Å². The van der Waals surface area contributed by atoms with E-state index < -0.39 is 35.5 Å². The first-order valence-corrected chi connectivity index (χ1v) is 9.37. The van der Waals surface area contributed by atoms with Crippen LogP contribution in [0.25, 0.3) is 0 Å². The Morgan fingerprint density at radius 1 is 0.939 bits per heavy atom. The summed E-state index contributed by atoms with van der Waals surface area (Å²) in [6.07, 6.45) is -6.65. The summed E-state index contributed by atoms with van der Waals surface area (Å²) in [5, 5.41) is 5.41. The molecule has 2 aromatic rings. The molecule has 0 fully saturated rings. The second-order valence-corrected chi connectivity index (χ2v) is 7.29. The van der Waals surface area contributed by atoms with E-state index >= 15 is 0 Å². The summed E-state index contributed by atoms with van der Waals surface area (Å²) in [6, 6.07) is 8.53. The van der Waals surface area contributed by atoms with Crippen molar-refractivity contribution in [3.05, 3.63) is 63.6 Å². The predicted molar refractivity (Wildman–Crippen MR) is 107 cm³/mol. The zero-order valence-corrected chi connectivity index (χ0v) is 17.7. The van der Waals surface area contributed by atoms with E-state index in [0.29, 0.717) is 0 Å². The Balaban J connectivity index is 2.18. The second-order valence-electron chi connectivity index (χ2n) is 6.44. The lowest BCUT2D eigenvalue weighted by atomic mass is 10.1. The van der Waals surface area contributed by atoms with Crippen LogP contribution in [-0.4, -0.2) is 35.5 Å². The van der Waals surface area contributed by atoms with Gasteiger partial charge in [0.1, 0.15) is 0 Å². The molecule has 0 heterocycles. The zero-order chi connectivity index (χ0) is 25.2. The molecule has 5 nitrogen and oxygen atoms in total.